The summed E-state index contributed by atoms with van der Waals surface area (Å²) in [6.45, 7) is 0.831. The van der Waals surface area contributed by atoms with Crippen LogP contribution in [0.5, 0.6) is 0 Å². The Morgan fingerprint density at radius 1 is 1.57 bits per heavy atom. The zero-order chi connectivity index (χ0) is 10.1. The predicted octanol–water partition coefficient (Wildman–Crippen LogP) is 0.580. The lowest BCUT2D eigenvalue weighted by molar-refractivity contribution is -0.136. The molecule has 2 amide bonds. The molecule has 76 valence electrons. The van der Waals surface area contributed by atoms with Gasteiger partial charge >= 0.3 is 0 Å². The molecule has 2 rings (SSSR count). The van der Waals surface area contributed by atoms with E-state index in [0.29, 0.717) is 6.42 Å². The van der Waals surface area contributed by atoms with Crippen LogP contribution in [0.2, 0.25) is 0 Å². The van der Waals surface area contributed by atoms with Gasteiger partial charge in [-0.2, -0.15) is 0 Å². The number of amides is 2. The summed E-state index contributed by atoms with van der Waals surface area (Å²) in [5.41, 5.74) is 0. The van der Waals surface area contributed by atoms with Crippen LogP contribution in [-0.2, 0) is 9.59 Å². The van der Waals surface area contributed by atoms with Crippen LogP contribution in [0.4, 0.5) is 0 Å². The average molecular weight is 230 g/mol. The first-order valence-electron chi connectivity index (χ1n) is 4.33. The summed E-state index contributed by atoms with van der Waals surface area (Å²) in [6, 6.07) is 0. The molecule has 0 aromatic carbocycles. The SMILES string of the molecule is CN1C(=O)CC(SC2=NCCS2)C1=O. The molecule has 2 aliphatic rings. The minimum Gasteiger partial charge on any atom is -0.285 e. The summed E-state index contributed by atoms with van der Waals surface area (Å²) in [6.07, 6.45) is 0.319. The summed E-state index contributed by atoms with van der Waals surface area (Å²) >= 11 is 3.10. The van der Waals surface area contributed by atoms with Gasteiger partial charge in [-0.3, -0.25) is 19.5 Å². The molecule has 2 aliphatic heterocycles. The highest BCUT2D eigenvalue weighted by Gasteiger charge is 2.37. The molecule has 0 saturated carbocycles. The molecule has 14 heavy (non-hydrogen) atoms. The number of nitrogens with zero attached hydrogens (tertiary/aromatic N) is 2. The van der Waals surface area contributed by atoms with E-state index in [1.165, 1.54) is 23.7 Å². The van der Waals surface area contributed by atoms with E-state index in [-0.39, 0.29) is 17.1 Å². The van der Waals surface area contributed by atoms with Gasteiger partial charge in [0.05, 0.1) is 11.8 Å². The molecule has 1 fully saturated rings. The standard InChI is InChI=1S/C8H10N2O2S2/c1-10-6(11)4-5(7(10)12)14-8-9-2-3-13-8/h5H,2-4H2,1H3. The van der Waals surface area contributed by atoms with Crippen molar-refractivity contribution in [2.45, 2.75) is 11.7 Å². The van der Waals surface area contributed by atoms with E-state index in [9.17, 15) is 9.59 Å². The summed E-state index contributed by atoms with van der Waals surface area (Å²) < 4.78 is 0.950. The smallest absolute Gasteiger partial charge is 0.242 e. The number of thioether (sulfide) groups is 2. The van der Waals surface area contributed by atoms with Gasteiger partial charge in [0.25, 0.3) is 0 Å². The topological polar surface area (TPSA) is 49.7 Å². The van der Waals surface area contributed by atoms with Gasteiger partial charge in [0.1, 0.15) is 4.38 Å². The number of carbonyl (C=O) groups excluding carboxylic acids is 2. The minimum atomic E-state index is -0.239. The predicted molar refractivity (Wildman–Crippen MR) is 58.5 cm³/mol. The Hall–Kier alpha value is -0.490. The van der Waals surface area contributed by atoms with E-state index < -0.39 is 0 Å². The molecule has 0 bridgehead atoms. The highest BCUT2D eigenvalue weighted by Crippen LogP contribution is 2.31. The van der Waals surface area contributed by atoms with Gasteiger partial charge in [-0.15, -0.1) is 0 Å². The number of rotatable bonds is 1. The van der Waals surface area contributed by atoms with E-state index in [1.54, 1.807) is 11.8 Å². The van der Waals surface area contributed by atoms with Crippen LogP contribution in [0.25, 0.3) is 0 Å². The van der Waals surface area contributed by atoms with Crippen molar-refractivity contribution in [3.05, 3.63) is 0 Å². The molecule has 0 aromatic rings. The summed E-state index contributed by atoms with van der Waals surface area (Å²) in [5, 5.41) is -0.239. The van der Waals surface area contributed by atoms with Crippen LogP contribution < -0.4 is 0 Å². The molecular weight excluding hydrogens is 220 g/mol. The maximum absolute atomic E-state index is 11.5. The largest absolute Gasteiger partial charge is 0.285 e. The Morgan fingerprint density at radius 2 is 2.36 bits per heavy atom. The molecule has 1 atom stereocenters. The normalized spacial score (nSPS) is 27.4. The third-order valence-corrected chi connectivity index (χ3v) is 4.53. The van der Waals surface area contributed by atoms with Crippen molar-refractivity contribution in [3.63, 3.8) is 0 Å². The van der Waals surface area contributed by atoms with E-state index in [4.69, 9.17) is 0 Å². The van der Waals surface area contributed by atoms with Crippen molar-refractivity contribution in [1.29, 1.82) is 0 Å². The van der Waals surface area contributed by atoms with Crippen LogP contribution in [0.1, 0.15) is 6.42 Å². The lowest BCUT2D eigenvalue weighted by atomic mass is 10.4. The highest BCUT2D eigenvalue weighted by atomic mass is 32.2. The third-order valence-electron chi connectivity index (χ3n) is 2.14. The van der Waals surface area contributed by atoms with E-state index >= 15 is 0 Å². The van der Waals surface area contributed by atoms with Crippen LogP contribution >= 0.6 is 23.5 Å². The summed E-state index contributed by atoms with van der Waals surface area (Å²) in [4.78, 5) is 28.2. The van der Waals surface area contributed by atoms with Gasteiger partial charge in [0.2, 0.25) is 11.8 Å². The lowest BCUT2D eigenvalue weighted by Gasteiger charge is -2.07. The Kier molecular flexibility index (Phi) is 2.83. The zero-order valence-corrected chi connectivity index (χ0v) is 9.36. The molecular formula is C8H10N2O2S2. The first-order valence-corrected chi connectivity index (χ1v) is 6.19. The van der Waals surface area contributed by atoms with Crippen molar-refractivity contribution in [2.24, 2.45) is 4.99 Å². The second kappa shape index (κ2) is 3.94. The summed E-state index contributed by atoms with van der Waals surface area (Å²) in [7, 11) is 1.54. The molecule has 6 heteroatoms. The number of likely N-dealkylation sites (tertiary alicyclic amines) is 1. The molecule has 1 saturated heterocycles. The fourth-order valence-electron chi connectivity index (χ4n) is 1.32. The molecule has 0 N–H and O–H groups in total. The van der Waals surface area contributed by atoms with Crippen LogP contribution in [0, 0.1) is 0 Å². The maximum atomic E-state index is 11.5. The molecule has 0 spiro atoms. The minimum absolute atomic E-state index is 0.0869. The fraction of sp³-hybridized carbons (Fsp3) is 0.625. The highest BCUT2D eigenvalue weighted by molar-refractivity contribution is 8.39. The van der Waals surface area contributed by atoms with E-state index in [0.717, 1.165) is 16.7 Å². The number of aliphatic imine (C=N–C) groups is 1. The number of imide groups is 1. The first kappa shape index (κ1) is 10.0. The molecule has 0 radical (unpaired) electrons. The van der Waals surface area contributed by atoms with Crippen LogP contribution in [0.3, 0.4) is 0 Å². The van der Waals surface area contributed by atoms with Gasteiger partial charge in [-0.1, -0.05) is 23.5 Å². The zero-order valence-electron chi connectivity index (χ0n) is 7.73. The van der Waals surface area contributed by atoms with Crippen LogP contribution in [0.15, 0.2) is 4.99 Å². The lowest BCUT2D eigenvalue weighted by Crippen LogP contribution is -2.26. The Balaban J connectivity index is 1.99. The molecule has 1 unspecified atom stereocenters. The van der Waals surface area contributed by atoms with Gasteiger partial charge in [-0.05, 0) is 0 Å². The number of hydrogen-bond donors (Lipinski definition) is 0. The quantitative estimate of drug-likeness (QED) is 0.618. The van der Waals surface area contributed by atoms with Gasteiger partial charge in [0.15, 0.2) is 0 Å². The molecule has 2 heterocycles. The Morgan fingerprint density at radius 3 is 2.86 bits per heavy atom. The number of hydrogen-bond acceptors (Lipinski definition) is 5. The van der Waals surface area contributed by atoms with Gasteiger partial charge in [0, 0.05) is 19.2 Å². The van der Waals surface area contributed by atoms with Crippen molar-refractivity contribution >= 4 is 39.7 Å². The van der Waals surface area contributed by atoms with E-state index in [2.05, 4.69) is 4.99 Å². The van der Waals surface area contributed by atoms with E-state index in [1.807, 2.05) is 0 Å². The Labute approximate surface area is 90.5 Å². The van der Waals surface area contributed by atoms with Gasteiger partial charge < -0.3 is 0 Å². The molecule has 0 aromatic heterocycles. The maximum Gasteiger partial charge on any atom is 0.242 e. The second-order valence-electron chi connectivity index (χ2n) is 3.10. The van der Waals surface area contributed by atoms with Crippen molar-refractivity contribution in [3.8, 4) is 0 Å². The Bertz CT molecular complexity index is 316. The number of carbonyl (C=O) groups is 2. The van der Waals surface area contributed by atoms with Crippen LogP contribution in [-0.4, -0.2) is 45.7 Å². The van der Waals surface area contributed by atoms with Crippen molar-refractivity contribution in [2.75, 3.05) is 19.3 Å². The summed E-state index contributed by atoms with van der Waals surface area (Å²) in [5.74, 6) is 0.818. The first-order chi connectivity index (χ1) is 6.68. The average Bonchev–Trinajstić information content (AvgIpc) is 2.73. The third kappa shape index (κ3) is 1.81. The monoisotopic (exact) mass is 230 g/mol. The molecule has 0 aliphatic carbocycles. The molecule has 4 nitrogen and oxygen atoms in total. The van der Waals surface area contributed by atoms with Crippen molar-refractivity contribution < 1.29 is 9.59 Å². The fourth-order valence-corrected chi connectivity index (χ4v) is 3.63. The van der Waals surface area contributed by atoms with Gasteiger partial charge in [-0.25, -0.2) is 0 Å². The van der Waals surface area contributed by atoms with Crippen molar-refractivity contribution in [1.82, 2.24) is 4.90 Å². The second-order valence-corrected chi connectivity index (χ2v) is 5.63.